The third-order valence-corrected chi connectivity index (χ3v) is 5.53. The Morgan fingerprint density at radius 2 is 1.36 bits per heavy atom. The van der Waals surface area contributed by atoms with Crippen LogP contribution in [0.5, 0.6) is 11.9 Å². The number of aromatic hydroxyl groups is 2. The number of nitrogens with two attached hydrogens (primary N) is 1. The zero-order valence-corrected chi connectivity index (χ0v) is 17.7. The van der Waals surface area contributed by atoms with Gasteiger partial charge in [-0.05, 0) is 42.5 Å². The summed E-state index contributed by atoms with van der Waals surface area (Å²) in [6, 6.07) is 7.17. The van der Waals surface area contributed by atoms with Crippen molar-refractivity contribution in [1.82, 2.24) is 9.97 Å². The Hall–Kier alpha value is -4.06. The molecule has 33 heavy (non-hydrogen) atoms. The lowest BCUT2D eigenvalue weighted by atomic mass is 10.3. The van der Waals surface area contributed by atoms with Crippen LogP contribution in [0.1, 0.15) is 0 Å². The molecule has 0 saturated heterocycles. The van der Waals surface area contributed by atoms with Crippen molar-refractivity contribution in [2.24, 2.45) is 20.5 Å². The van der Waals surface area contributed by atoms with Gasteiger partial charge in [0.05, 0.1) is 16.3 Å². The van der Waals surface area contributed by atoms with Crippen molar-refractivity contribution in [1.29, 1.82) is 0 Å². The molecule has 0 fully saturated rings. The molecule has 6 N–H and O–H groups in total. The molecular formula is C16H13N7O8S2. The maximum atomic E-state index is 11.8. The van der Waals surface area contributed by atoms with Crippen molar-refractivity contribution in [2.45, 2.75) is 9.79 Å². The van der Waals surface area contributed by atoms with Gasteiger partial charge in [0.15, 0.2) is 11.5 Å². The summed E-state index contributed by atoms with van der Waals surface area (Å²) < 4.78 is 64.1. The van der Waals surface area contributed by atoms with Crippen LogP contribution in [0.4, 0.5) is 28.6 Å². The Balaban J connectivity index is 1.94. The standard InChI is InChI=1S/C16H13N7O8S2/c17-14-13(15(24)19-16(25)18-14)23-22-11-6-3-9(7-12(11)33(29,30)31)21-20-8-1-4-10(5-2-8)32(26,27)28/h1-7H,(H,26,27,28)(H,29,30,31)(H4,17,18,19,24,25)/b21-20+,23-22+. The third-order valence-electron chi connectivity index (χ3n) is 3.78. The van der Waals surface area contributed by atoms with Crippen molar-refractivity contribution in [3.8, 4) is 11.9 Å². The van der Waals surface area contributed by atoms with Crippen LogP contribution in [0.15, 0.2) is 72.7 Å². The molecular weight excluding hydrogens is 482 g/mol. The molecule has 0 radical (unpaired) electrons. The average Bonchev–Trinajstić information content (AvgIpc) is 2.71. The van der Waals surface area contributed by atoms with E-state index in [1.807, 2.05) is 0 Å². The fourth-order valence-corrected chi connectivity index (χ4v) is 3.43. The van der Waals surface area contributed by atoms with Crippen molar-refractivity contribution in [3.63, 3.8) is 0 Å². The van der Waals surface area contributed by atoms with Crippen molar-refractivity contribution in [2.75, 3.05) is 5.73 Å². The second kappa shape index (κ2) is 8.82. The minimum atomic E-state index is -4.81. The minimum absolute atomic E-state index is 0.0317. The second-order valence-electron chi connectivity index (χ2n) is 6.08. The van der Waals surface area contributed by atoms with Gasteiger partial charge in [-0.25, -0.2) is 0 Å². The molecule has 17 heteroatoms. The number of rotatable bonds is 6. The third kappa shape index (κ3) is 5.80. The van der Waals surface area contributed by atoms with E-state index < -0.39 is 48.5 Å². The van der Waals surface area contributed by atoms with Gasteiger partial charge in [0.1, 0.15) is 10.6 Å². The van der Waals surface area contributed by atoms with Gasteiger partial charge in [-0.3, -0.25) is 9.11 Å². The van der Waals surface area contributed by atoms with Crippen LogP contribution in [0.25, 0.3) is 0 Å². The first-order valence-corrected chi connectivity index (χ1v) is 11.3. The molecule has 2 aromatic carbocycles. The van der Waals surface area contributed by atoms with E-state index in [0.717, 1.165) is 24.3 Å². The monoisotopic (exact) mass is 495 g/mol. The highest BCUT2D eigenvalue weighted by molar-refractivity contribution is 7.86. The molecule has 1 aromatic heterocycles. The van der Waals surface area contributed by atoms with E-state index in [1.165, 1.54) is 18.2 Å². The van der Waals surface area contributed by atoms with Gasteiger partial charge in [0.2, 0.25) is 5.88 Å². The first kappa shape index (κ1) is 23.6. The Bertz CT molecular complexity index is 1460. The first-order chi connectivity index (χ1) is 15.3. The Kier molecular flexibility index (Phi) is 6.31. The maximum Gasteiger partial charge on any atom is 0.319 e. The van der Waals surface area contributed by atoms with E-state index in [1.54, 1.807) is 0 Å². The van der Waals surface area contributed by atoms with Crippen molar-refractivity contribution >= 4 is 48.8 Å². The number of nitrogens with zero attached hydrogens (tertiary/aromatic N) is 6. The van der Waals surface area contributed by atoms with Crippen LogP contribution >= 0.6 is 0 Å². The normalized spacial score (nSPS) is 12.5. The predicted octanol–water partition coefficient (Wildman–Crippen LogP) is 2.79. The van der Waals surface area contributed by atoms with Gasteiger partial charge in [-0.15, -0.1) is 10.2 Å². The molecule has 0 aliphatic rings. The average molecular weight is 495 g/mol. The summed E-state index contributed by atoms with van der Waals surface area (Å²) in [6.45, 7) is 0. The maximum absolute atomic E-state index is 11.8. The Morgan fingerprint density at radius 1 is 0.758 bits per heavy atom. The summed E-state index contributed by atoms with van der Waals surface area (Å²) in [7, 11) is -9.18. The second-order valence-corrected chi connectivity index (χ2v) is 8.89. The highest BCUT2D eigenvalue weighted by Gasteiger charge is 2.18. The van der Waals surface area contributed by atoms with Crippen LogP contribution < -0.4 is 5.73 Å². The largest absolute Gasteiger partial charge is 0.491 e. The lowest BCUT2D eigenvalue weighted by molar-refractivity contribution is 0.399. The van der Waals surface area contributed by atoms with Gasteiger partial charge in [0.25, 0.3) is 20.2 Å². The van der Waals surface area contributed by atoms with Gasteiger partial charge >= 0.3 is 6.01 Å². The zero-order valence-electron chi connectivity index (χ0n) is 16.0. The SMILES string of the molecule is Nc1nc(O)nc(O)c1/N=N/c1ccc(/N=N/c2ccc(S(=O)(=O)O)cc2)cc1S(=O)(=O)O. The topological polar surface area (TPSA) is 250 Å². The molecule has 0 aliphatic heterocycles. The summed E-state index contributed by atoms with van der Waals surface area (Å²) in [5.41, 5.74) is 4.83. The molecule has 0 unspecified atom stereocenters. The fraction of sp³-hybridized carbons (Fsp3) is 0. The predicted molar refractivity (Wildman–Crippen MR) is 111 cm³/mol. The smallest absolute Gasteiger partial charge is 0.319 e. The molecule has 0 aliphatic carbocycles. The van der Waals surface area contributed by atoms with E-state index >= 15 is 0 Å². The summed E-state index contributed by atoms with van der Waals surface area (Å²) >= 11 is 0. The van der Waals surface area contributed by atoms with Crippen LogP contribution in [0, 0.1) is 0 Å². The summed E-state index contributed by atoms with van der Waals surface area (Å²) in [6.07, 6.45) is 0. The number of benzene rings is 2. The summed E-state index contributed by atoms with van der Waals surface area (Å²) in [4.78, 5) is 5.54. The van der Waals surface area contributed by atoms with E-state index in [-0.39, 0.29) is 22.0 Å². The minimum Gasteiger partial charge on any atom is -0.491 e. The summed E-state index contributed by atoms with van der Waals surface area (Å²) in [5.74, 6) is -1.26. The van der Waals surface area contributed by atoms with Crippen LogP contribution in [-0.2, 0) is 20.2 Å². The molecule has 172 valence electrons. The first-order valence-electron chi connectivity index (χ1n) is 8.42. The van der Waals surface area contributed by atoms with E-state index in [2.05, 4.69) is 30.4 Å². The Morgan fingerprint density at radius 3 is 1.94 bits per heavy atom. The quantitative estimate of drug-likeness (QED) is 0.245. The lowest BCUT2D eigenvalue weighted by Crippen LogP contribution is -1.98. The van der Waals surface area contributed by atoms with E-state index in [0.29, 0.717) is 0 Å². The van der Waals surface area contributed by atoms with Crippen LogP contribution in [-0.4, -0.2) is 46.1 Å². The molecule has 0 spiro atoms. The van der Waals surface area contributed by atoms with Crippen molar-refractivity contribution in [3.05, 3.63) is 42.5 Å². The molecule has 0 bridgehead atoms. The molecule has 0 saturated carbocycles. The molecule has 3 aromatic rings. The number of hydrogen-bond acceptors (Lipinski definition) is 13. The van der Waals surface area contributed by atoms with Crippen LogP contribution in [0.3, 0.4) is 0 Å². The molecule has 3 rings (SSSR count). The Labute approximate surface area is 185 Å². The number of anilines is 1. The van der Waals surface area contributed by atoms with E-state index in [4.69, 9.17) is 15.4 Å². The van der Waals surface area contributed by atoms with E-state index in [9.17, 15) is 26.5 Å². The van der Waals surface area contributed by atoms with Crippen LogP contribution in [0.2, 0.25) is 0 Å². The molecule has 0 amide bonds. The highest BCUT2D eigenvalue weighted by atomic mass is 32.2. The zero-order chi connectivity index (χ0) is 24.4. The van der Waals surface area contributed by atoms with Gasteiger partial charge < -0.3 is 15.9 Å². The van der Waals surface area contributed by atoms with Gasteiger partial charge in [-0.2, -0.15) is 37.0 Å². The number of nitrogen functional groups attached to an aromatic ring is 1. The fourth-order valence-electron chi connectivity index (χ4n) is 2.30. The lowest BCUT2D eigenvalue weighted by Gasteiger charge is -2.04. The molecule has 15 nitrogen and oxygen atoms in total. The molecule has 0 atom stereocenters. The van der Waals surface area contributed by atoms with Gasteiger partial charge in [0, 0.05) is 0 Å². The van der Waals surface area contributed by atoms with Gasteiger partial charge in [-0.1, -0.05) is 0 Å². The number of hydrogen-bond donors (Lipinski definition) is 5. The molecule has 1 heterocycles. The number of azo groups is 2. The number of aromatic nitrogens is 2. The van der Waals surface area contributed by atoms with Crippen molar-refractivity contribution < 1.29 is 36.2 Å². The highest BCUT2D eigenvalue weighted by Crippen LogP contribution is 2.35. The summed E-state index contributed by atoms with van der Waals surface area (Å²) in [5, 5.41) is 33.6.